The molecule has 0 aliphatic carbocycles. The fourth-order valence-corrected chi connectivity index (χ4v) is 8.38. The Balaban J connectivity index is 4.08. The van der Waals surface area contributed by atoms with E-state index < -0.39 is 6.10 Å². The number of carbonyl (C=O) groups excluding carboxylic acids is 3. The Morgan fingerprint density at radius 3 is 0.813 bits per heavy atom. The third-order valence-electron chi connectivity index (χ3n) is 13.0. The molecule has 0 saturated carbocycles. The second-order valence-electron chi connectivity index (χ2n) is 20.2. The molecule has 0 aliphatic heterocycles. The Bertz CT molecular complexity index is 1570. The van der Waals surface area contributed by atoms with Crippen LogP contribution in [0.3, 0.4) is 0 Å². The minimum absolute atomic E-state index is 0.0826. The lowest BCUT2D eigenvalue weighted by molar-refractivity contribution is -0.167. The summed E-state index contributed by atoms with van der Waals surface area (Å²) in [6.45, 7) is 6.33. The van der Waals surface area contributed by atoms with Crippen molar-refractivity contribution in [1.29, 1.82) is 0 Å². The molecule has 0 fully saturated rings. The average Bonchev–Trinajstić information content (AvgIpc) is 3.41. The number of hydrogen-bond donors (Lipinski definition) is 0. The minimum Gasteiger partial charge on any atom is -0.462 e. The first kappa shape index (κ1) is 70.8. The first-order valence-electron chi connectivity index (χ1n) is 31.0. The summed E-state index contributed by atoms with van der Waals surface area (Å²) < 4.78 is 16.8. The number of carbonyl (C=O) groups is 3. The Hall–Kier alpha value is -4.19. The number of rotatable bonds is 55. The maximum absolute atomic E-state index is 12.8. The van der Waals surface area contributed by atoms with Crippen LogP contribution < -0.4 is 0 Å². The molecule has 6 nitrogen and oxygen atoms in total. The molecule has 0 aromatic carbocycles. The summed E-state index contributed by atoms with van der Waals surface area (Å²) in [5, 5.41) is 0. The van der Waals surface area contributed by atoms with Gasteiger partial charge in [-0.05, 0) is 109 Å². The second kappa shape index (κ2) is 62.4. The lowest BCUT2D eigenvalue weighted by Gasteiger charge is -2.18. The predicted octanol–water partition coefficient (Wildman–Crippen LogP) is 21.2. The molecule has 0 rings (SSSR count). The molecule has 0 aromatic heterocycles. The van der Waals surface area contributed by atoms with E-state index in [1.165, 1.54) is 109 Å². The van der Waals surface area contributed by atoms with E-state index in [0.717, 1.165) is 128 Å². The summed E-state index contributed by atoms with van der Waals surface area (Å²) in [5.41, 5.74) is 0. The number of esters is 3. The SMILES string of the molecule is CC/C=C\C/C=C\C/C=C\C/C=C\C/C=C\C/C=C\CCCCCCCCCCCCC(=O)OCC(COC(=O)CCCCCCC)OC(=O)CCCCCCCCCCCC/C=C\C/C=C\C/C=C\C/C=C\CC. The number of ether oxygens (including phenoxy) is 3. The summed E-state index contributed by atoms with van der Waals surface area (Å²) in [4.78, 5) is 37.9. The van der Waals surface area contributed by atoms with E-state index in [4.69, 9.17) is 14.2 Å². The van der Waals surface area contributed by atoms with Gasteiger partial charge in [0.25, 0.3) is 0 Å². The molecule has 0 N–H and O–H groups in total. The number of unbranched alkanes of at least 4 members (excludes halogenated alkanes) is 24. The van der Waals surface area contributed by atoms with Crippen LogP contribution in [-0.2, 0) is 28.6 Å². The lowest BCUT2D eigenvalue weighted by Crippen LogP contribution is -2.30. The summed E-state index contributed by atoms with van der Waals surface area (Å²) >= 11 is 0. The standard InChI is InChI=1S/C69H114O6/c1-4-7-10-13-15-17-19-21-23-25-27-29-31-32-33-34-35-36-38-39-41-43-45-47-49-51-53-56-59-62-68(71)74-65-66(64-73-67(70)61-58-55-12-9-6-3)75-69(72)63-60-57-54-52-50-48-46-44-42-40-37-30-28-26-24-22-20-18-16-14-11-8-5-2/h7-8,10-11,15-18,21-24,27-30,32-33,35-36,66H,4-6,9,12-14,19-20,25-26,31,34,37-65H2,1-3H3/b10-7-,11-8-,17-15-,18-16-,23-21-,24-22-,29-27-,30-28-,33-32-,36-35-. The van der Waals surface area contributed by atoms with Gasteiger partial charge in [0, 0.05) is 19.3 Å². The molecule has 1 unspecified atom stereocenters. The van der Waals surface area contributed by atoms with Crippen molar-refractivity contribution in [1.82, 2.24) is 0 Å². The zero-order valence-corrected chi connectivity index (χ0v) is 48.8. The van der Waals surface area contributed by atoms with Crippen LogP contribution in [0.1, 0.15) is 278 Å². The fourth-order valence-electron chi connectivity index (χ4n) is 8.38. The van der Waals surface area contributed by atoms with Gasteiger partial charge < -0.3 is 14.2 Å². The van der Waals surface area contributed by atoms with Crippen LogP contribution in [-0.4, -0.2) is 37.2 Å². The second-order valence-corrected chi connectivity index (χ2v) is 20.2. The van der Waals surface area contributed by atoms with Gasteiger partial charge in [-0.15, -0.1) is 0 Å². The van der Waals surface area contributed by atoms with Gasteiger partial charge in [-0.2, -0.15) is 0 Å². The molecule has 0 bridgehead atoms. The van der Waals surface area contributed by atoms with E-state index in [1.54, 1.807) is 0 Å². The molecular formula is C69H114O6. The first-order valence-corrected chi connectivity index (χ1v) is 31.0. The van der Waals surface area contributed by atoms with Crippen molar-refractivity contribution in [2.75, 3.05) is 13.2 Å². The largest absolute Gasteiger partial charge is 0.462 e. The predicted molar refractivity (Wildman–Crippen MR) is 325 cm³/mol. The molecule has 6 heteroatoms. The maximum atomic E-state index is 12.8. The highest BCUT2D eigenvalue weighted by molar-refractivity contribution is 5.71. The van der Waals surface area contributed by atoms with E-state index in [9.17, 15) is 14.4 Å². The van der Waals surface area contributed by atoms with Crippen molar-refractivity contribution in [2.45, 2.75) is 284 Å². The van der Waals surface area contributed by atoms with Crippen molar-refractivity contribution in [3.63, 3.8) is 0 Å². The Morgan fingerprint density at radius 2 is 0.520 bits per heavy atom. The van der Waals surface area contributed by atoms with Crippen LogP contribution in [0.25, 0.3) is 0 Å². The van der Waals surface area contributed by atoms with E-state index >= 15 is 0 Å². The Labute approximate surface area is 462 Å². The van der Waals surface area contributed by atoms with Crippen molar-refractivity contribution >= 4 is 17.9 Å². The molecule has 1 atom stereocenters. The van der Waals surface area contributed by atoms with Crippen molar-refractivity contribution < 1.29 is 28.6 Å². The van der Waals surface area contributed by atoms with Crippen LogP contribution >= 0.6 is 0 Å². The number of hydrogen-bond acceptors (Lipinski definition) is 6. The topological polar surface area (TPSA) is 78.9 Å². The molecule has 0 radical (unpaired) electrons. The molecular weight excluding hydrogens is 925 g/mol. The maximum Gasteiger partial charge on any atom is 0.306 e. The van der Waals surface area contributed by atoms with Crippen LogP contribution in [0.2, 0.25) is 0 Å². The number of allylic oxidation sites excluding steroid dienone is 20. The highest BCUT2D eigenvalue weighted by Gasteiger charge is 2.19. The first-order chi connectivity index (χ1) is 37.0. The summed E-state index contributed by atoms with van der Waals surface area (Å²) in [6, 6.07) is 0. The monoisotopic (exact) mass is 1040 g/mol. The molecule has 0 aromatic rings. The van der Waals surface area contributed by atoms with Gasteiger partial charge >= 0.3 is 17.9 Å². The van der Waals surface area contributed by atoms with E-state index in [-0.39, 0.29) is 31.1 Å². The highest BCUT2D eigenvalue weighted by Crippen LogP contribution is 2.15. The van der Waals surface area contributed by atoms with Gasteiger partial charge in [0.05, 0.1) is 0 Å². The van der Waals surface area contributed by atoms with Crippen LogP contribution in [0.5, 0.6) is 0 Å². The van der Waals surface area contributed by atoms with Gasteiger partial charge in [0.15, 0.2) is 6.10 Å². The average molecular weight is 1040 g/mol. The molecule has 0 saturated heterocycles. The molecule has 0 heterocycles. The van der Waals surface area contributed by atoms with Crippen LogP contribution in [0, 0.1) is 0 Å². The van der Waals surface area contributed by atoms with Crippen molar-refractivity contribution in [3.8, 4) is 0 Å². The molecule has 0 aliphatic rings. The van der Waals surface area contributed by atoms with E-state index in [2.05, 4.69) is 142 Å². The van der Waals surface area contributed by atoms with Crippen LogP contribution in [0.4, 0.5) is 0 Å². The molecule has 426 valence electrons. The zero-order valence-electron chi connectivity index (χ0n) is 48.8. The van der Waals surface area contributed by atoms with E-state index in [1.807, 2.05) is 0 Å². The minimum atomic E-state index is -0.781. The smallest absolute Gasteiger partial charge is 0.306 e. The van der Waals surface area contributed by atoms with Gasteiger partial charge in [-0.25, -0.2) is 0 Å². The Morgan fingerprint density at radius 1 is 0.280 bits per heavy atom. The summed E-state index contributed by atoms with van der Waals surface area (Å²) in [6.07, 6.45) is 86.7. The van der Waals surface area contributed by atoms with Gasteiger partial charge in [-0.3, -0.25) is 14.4 Å². The lowest BCUT2D eigenvalue weighted by atomic mass is 10.0. The third-order valence-corrected chi connectivity index (χ3v) is 13.0. The van der Waals surface area contributed by atoms with Gasteiger partial charge in [0.1, 0.15) is 13.2 Å². The van der Waals surface area contributed by atoms with Crippen molar-refractivity contribution in [3.05, 3.63) is 122 Å². The third kappa shape index (κ3) is 60.6. The highest BCUT2D eigenvalue weighted by atomic mass is 16.6. The molecule has 0 spiro atoms. The normalized spacial score (nSPS) is 12.9. The summed E-state index contributed by atoms with van der Waals surface area (Å²) in [5.74, 6) is -0.903. The van der Waals surface area contributed by atoms with E-state index in [0.29, 0.717) is 19.3 Å². The van der Waals surface area contributed by atoms with Crippen LogP contribution in [0.15, 0.2) is 122 Å². The quantitative estimate of drug-likeness (QED) is 0.0261. The summed E-state index contributed by atoms with van der Waals surface area (Å²) in [7, 11) is 0. The van der Waals surface area contributed by atoms with Crippen molar-refractivity contribution in [2.24, 2.45) is 0 Å². The molecule has 75 heavy (non-hydrogen) atoms. The fraction of sp³-hybridized carbons (Fsp3) is 0.667. The van der Waals surface area contributed by atoms with Gasteiger partial charge in [0.2, 0.25) is 0 Å². The van der Waals surface area contributed by atoms with Gasteiger partial charge in [-0.1, -0.05) is 271 Å². The Kier molecular flexibility index (Phi) is 58.9. The molecule has 0 amide bonds. The zero-order chi connectivity index (χ0) is 54.3.